The van der Waals surface area contributed by atoms with E-state index in [1.165, 1.54) is 30.5 Å². The molecule has 0 spiro atoms. The molecular formula is C22H20FN5O4. The van der Waals surface area contributed by atoms with Crippen molar-refractivity contribution >= 4 is 17.7 Å². The Morgan fingerprint density at radius 2 is 2.03 bits per heavy atom. The highest BCUT2D eigenvalue weighted by molar-refractivity contribution is 5.91. The van der Waals surface area contributed by atoms with Crippen LogP contribution < -0.4 is 15.5 Å². The maximum absolute atomic E-state index is 14.8. The number of nitrogens with zero attached hydrogens (tertiary/aromatic N) is 3. The van der Waals surface area contributed by atoms with E-state index in [1.54, 1.807) is 12.1 Å². The van der Waals surface area contributed by atoms with E-state index in [0.717, 1.165) is 5.56 Å². The molecule has 2 amide bonds. The minimum Gasteiger partial charge on any atom is -0.411 e. The van der Waals surface area contributed by atoms with Gasteiger partial charge < -0.3 is 19.9 Å². The van der Waals surface area contributed by atoms with Crippen LogP contribution in [0.5, 0.6) is 0 Å². The minimum absolute atomic E-state index is 0.101. The first kappa shape index (κ1) is 21.2. The fraction of sp³-hybridized carbons (Fsp3) is 0.182. The van der Waals surface area contributed by atoms with Crippen molar-refractivity contribution in [1.29, 1.82) is 0 Å². The second kappa shape index (κ2) is 9.40. The van der Waals surface area contributed by atoms with Crippen LogP contribution in [0.4, 0.5) is 14.9 Å². The summed E-state index contributed by atoms with van der Waals surface area (Å²) in [6, 6.07) is 12.0. The van der Waals surface area contributed by atoms with Gasteiger partial charge in [0.05, 0.1) is 18.8 Å². The Hall–Kier alpha value is -4.05. The largest absolute Gasteiger partial charge is 0.419 e. The highest BCUT2D eigenvalue weighted by Crippen LogP contribution is 2.29. The van der Waals surface area contributed by atoms with Gasteiger partial charge in [0.15, 0.2) is 5.82 Å². The molecule has 0 atom stereocenters. The smallest absolute Gasteiger partial charge is 0.411 e. The number of hydrogen-bond donors (Lipinski definition) is 2. The van der Waals surface area contributed by atoms with Crippen molar-refractivity contribution in [2.75, 3.05) is 11.4 Å². The first-order chi connectivity index (χ1) is 15.5. The third-order valence-electron chi connectivity index (χ3n) is 4.74. The Bertz CT molecular complexity index is 1150. The summed E-state index contributed by atoms with van der Waals surface area (Å²) in [6.45, 7) is 2.53. The number of amides is 2. The molecule has 3 aromatic rings. The van der Waals surface area contributed by atoms with Gasteiger partial charge in [-0.2, -0.15) is 4.98 Å². The van der Waals surface area contributed by atoms with E-state index in [4.69, 9.17) is 4.74 Å². The lowest BCUT2D eigenvalue weighted by molar-refractivity contribution is -0.118. The van der Waals surface area contributed by atoms with Gasteiger partial charge in [0, 0.05) is 25.2 Å². The molecule has 0 radical (unpaired) electrons. The predicted octanol–water partition coefficient (Wildman–Crippen LogP) is 3.10. The zero-order chi connectivity index (χ0) is 22.5. The van der Waals surface area contributed by atoms with Crippen LogP contribution in [0.25, 0.3) is 11.1 Å². The fourth-order valence-electron chi connectivity index (χ4n) is 3.17. The summed E-state index contributed by atoms with van der Waals surface area (Å²) >= 11 is 0. The van der Waals surface area contributed by atoms with Crippen molar-refractivity contribution in [3.63, 3.8) is 0 Å². The van der Waals surface area contributed by atoms with Crippen LogP contribution >= 0.6 is 0 Å². The molecule has 2 aromatic carbocycles. The molecule has 2 heterocycles. The Morgan fingerprint density at radius 1 is 1.22 bits per heavy atom. The van der Waals surface area contributed by atoms with E-state index in [9.17, 15) is 14.0 Å². The quantitative estimate of drug-likeness (QED) is 0.585. The van der Waals surface area contributed by atoms with Gasteiger partial charge in [-0.05, 0) is 29.3 Å². The summed E-state index contributed by atoms with van der Waals surface area (Å²) in [5, 5.41) is 9.38. The molecule has 1 fully saturated rings. The number of rotatable bonds is 7. The van der Waals surface area contributed by atoms with Gasteiger partial charge in [-0.1, -0.05) is 29.4 Å². The zero-order valence-corrected chi connectivity index (χ0v) is 17.2. The summed E-state index contributed by atoms with van der Waals surface area (Å²) in [5.74, 6) is 0.107. The van der Waals surface area contributed by atoms with E-state index >= 15 is 0 Å². The minimum atomic E-state index is -0.633. The lowest BCUT2D eigenvalue weighted by Gasteiger charge is -2.14. The molecule has 10 heteroatoms. The molecule has 0 bridgehead atoms. The third kappa shape index (κ3) is 4.98. The van der Waals surface area contributed by atoms with Crippen LogP contribution in [-0.4, -0.2) is 28.7 Å². The lowest BCUT2D eigenvalue weighted by Crippen LogP contribution is -2.23. The molecule has 1 aliphatic rings. The molecule has 1 aromatic heterocycles. The number of cyclic esters (lactones) is 1. The number of ether oxygens (including phenoxy) is 1. The van der Waals surface area contributed by atoms with Crippen LogP contribution in [0.2, 0.25) is 0 Å². The number of halogens is 1. The van der Waals surface area contributed by atoms with Crippen molar-refractivity contribution in [3.05, 3.63) is 78.0 Å². The van der Waals surface area contributed by atoms with Gasteiger partial charge in [0.2, 0.25) is 12.3 Å². The van der Waals surface area contributed by atoms with Crippen LogP contribution in [0.15, 0.2) is 65.3 Å². The van der Waals surface area contributed by atoms with E-state index in [2.05, 4.69) is 25.3 Å². The number of anilines is 1. The third-order valence-corrected chi connectivity index (χ3v) is 4.74. The van der Waals surface area contributed by atoms with Crippen molar-refractivity contribution in [3.8, 4) is 11.1 Å². The zero-order valence-electron chi connectivity index (χ0n) is 17.2. The van der Waals surface area contributed by atoms with Gasteiger partial charge >= 0.3 is 6.09 Å². The summed E-state index contributed by atoms with van der Waals surface area (Å²) in [7, 11) is 0. The molecule has 1 saturated heterocycles. The second-order valence-electron chi connectivity index (χ2n) is 7.08. The summed E-state index contributed by atoms with van der Waals surface area (Å²) in [5.41, 5.74) is 2.52. The Kier molecular flexibility index (Phi) is 6.22. The maximum Gasteiger partial charge on any atom is 0.419 e. The van der Waals surface area contributed by atoms with Crippen LogP contribution in [0.3, 0.4) is 0 Å². The van der Waals surface area contributed by atoms with Crippen LogP contribution in [0.1, 0.15) is 18.3 Å². The van der Waals surface area contributed by atoms with Crippen LogP contribution in [-0.2, 0) is 22.6 Å². The fourth-order valence-corrected chi connectivity index (χ4v) is 3.17. The van der Waals surface area contributed by atoms with Crippen molar-refractivity contribution < 1.29 is 23.2 Å². The molecule has 1 aliphatic heterocycles. The molecule has 0 aliphatic carbocycles. The number of carbonyl (C=O) groups is 2. The number of carbonyl (C=O) groups excluding carboxylic acids is 2. The van der Waals surface area contributed by atoms with Crippen molar-refractivity contribution in [1.82, 2.24) is 20.8 Å². The predicted molar refractivity (Wildman–Crippen MR) is 112 cm³/mol. The molecule has 9 nitrogen and oxygen atoms in total. The molecule has 2 N–H and O–H groups in total. The normalized spacial score (nSPS) is 14.6. The lowest BCUT2D eigenvalue weighted by atomic mass is 10.0. The molecule has 4 rings (SSSR count). The van der Waals surface area contributed by atoms with Crippen molar-refractivity contribution in [2.45, 2.75) is 20.0 Å². The van der Waals surface area contributed by atoms with Gasteiger partial charge in [-0.25, -0.2) is 9.18 Å². The van der Waals surface area contributed by atoms with Crippen LogP contribution in [0, 0.1) is 5.82 Å². The van der Waals surface area contributed by atoms with Gasteiger partial charge in [-0.3, -0.25) is 9.69 Å². The van der Waals surface area contributed by atoms with E-state index in [-0.39, 0.29) is 18.2 Å². The molecule has 164 valence electrons. The number of benzene rings is 2. The average Bonchev–Trinajstić information content (AvgIpc) is 3.42. The highest BCUT2D eigenvalue weighted by atomic mass is 19.1. The summed E-state index contributed by atoms with van der Waals surface area (Å²) < 4.78 is 24.6. The standard InChI is InChI=1S/C22H20FN5O4/c1-14(29)25-10-18-12-28(22(30)32-18)17-6-7-19(20(23)8-17)16-4-2-15(3-5-16)9-24-11-21-26-13-31-27-21/h2-8,10,13,24H,9,11-12H2,1H3,(H,25,29)/b18-10-. The SMILES string of the molecule is CC(=O)N/C=C1/CN(c2ccc(-c3ccc(CNCc4ncon4)cc3)c(F)c2)C(=O)O1. The van der Waals surface area contributed by atoms with Gasteiger partial charge in [0.1, 0.15) is 11.6 Å². The first-order valence-electron chi connectivity index (χ1n) is 9.80. The highest BCUT2D eigenvalue weighted by Gasteiger charge is 2.29. The summed E-state index contributed by atoms with van der Waals surface area (Å²) in [6.07, 6.45) is 1.97. The van der Waals surface area contributed by atoms with Gasteiger partial charge in [0.25, 0.3) is 0 Å². The molecular weight excluding hydrogens is 417 g/mol. The Morgan fingerprint density at radius 3 is 2.72 bits per heavy atom. The molecule has 32 heavy (non-hydrogen) atoms. The Balaban J connectivity index is 1.41. The van der Waals surface area contributed by atoms with E-state index < -0.39 is 11.9 Å². The second-order valence-corrected chi connectivity index (χ2v) is 7.08. The van der Waals surface area contributed by atoms with Gasteiger partial charge in [-0.15, -0.1) is 0 Å². The van der Waals surface area contributed by atoms with E-state index in [1.807, 2.05) is 24.3 Å². The molecule has 0 saturated carbocycles. The number of nitrogens with one attached hydrogen (secondary N) is 2. The summed E-state index contributed by atoms with van der Waals surface area (Å²) in [4.78, 5) is 28.3. The first-order valence-corrected chi connectivity index (χ1v) is 9.80. The maximum atomic E-state index is 14.8. The number of hydrogen-bond acceptors (Lipinski definition) is 7. The molecule has 0 unspecified atom stereocenters. The number of aromatic nitrogens is 2. The topological polar surface area (TPSA) is 110 Å². The Labute approximate surface area is 182 Å². The average molecular weight is 437 g/mol. The van der Waals surface area contributed by atoms with E-state index in [0.29, 0.717) is 35.7 Å². The monoisotopic (exact) mass is 437 g/mol. The van der Waals surface area contributed by atoms with Crippen molar-refractivity contribution in [2.24, 2.45) is 0 Å².